The van der Waals surface area contributed by atoms with Gasteiger partial charge in [0.2, 0.25) is 0 Å². The van der Waals surface area contributed by atoms with Gasteiger partial charge in [-0.15, -0.1) is 0 Å². The average Bonchev–Trinajstić information content (AvgIpc) is 3.10. The van der Waals surface area contributed by atoms with Crippen molar-refractivity contribution in [1.82, 2.24) is 24.9 Å². The molecule has 0 spiro atoms. The largest absolute Gasteiger partial charge is 0.370 e. The summed E-state index contributed by atoms with van der Waals surface area (Å²) in [5, 5.41) is 7.75. The van der Waals surface area contributed by atoms with Crippen LogP contribution in [-0.2, 0) is 11.8 Å². The molecule has 158 valence electrons. The maximum atomic E-state index is 5.98. The van der Waals surface area contributed by atoms with E-state index < -0.39 is 0 Å². The van der Waals surface area contributed by atoms with Crippen LogP contribution in [0.25, 0.3) is 0 Å². The number of rotatable bonds is 6. The van der Waals surface area contributed by atoms with Gasteiger partial charge in [-0.05, 0) is 38.1 Å². The number of hydrogen-bond donors (Lipinski definition) is 1. The van der Waals surface area contributed by atoms with E-state index in [-0.39, 0.29) is 6.10 Å². The zero-order valence-corrected chi connectivity index (χ0v) is 18.1. The fourth-order valence-electron chi connectivity index (χ4n) is 4.53. The minimum Gasteiger partial charge on any atom is -0.370 e. The number of hydrogen-bond acceptors (Lipinski definition) is 4. The van der Waals surface area contributed by atoms with Crippen molar-refractivity contribution in [3.05, 3.63) is 18.0 Å². The lowest BCUT2D eigenvalue weighted by molar-refractivity contribution is -0.00804. The van der Waals surface area contributed by atoms with Crippen molar-refractivity contribution in [3.63, 3.8) is 0 Å². The molecule has 3 unspecified atom stereocenters. The number of ether oxygens (including phenoxy) is 1. The first-order valence-corrected chi connectivity index (χ1v) is 10.9. The maximum absolute atomic E-state index is 5.98. The second kappa shape index (κ2) is 10.3. The molecule has 2 aliphatic heterocycles. The SMILES string of the molecule is CCNC(=NCCCN1CC(C)CC(C)C1)N1CCOC(c2cnn(C)c2)C1. The van der Waals surface area contributed by atoms with Crippen LogP contribution in [0.2, 0.25) is 0 Å². The number of aromatic nitrogens is 2. The van der Waals surface area contributed by atoms with E-state index in [1.54, 1.807) is 0 Å². The lowest BCUT2D eigenvalue weighted by atomic mass is 9.92. The summed E-state index contributed by atoms with van der Waals surface area (Å²) in [7, 11) is 1.94. The van der Waals surface area contributed by atoms with Crippen LogP contribution in [0.15, 0.2) is 17.4 Å². The van der Waals surface area contributed by atoms with Gasteiger partial charge in [0.15, 0.2) is 5.96 Å². The smallest absolute Gasteiger partial charge is 0.194 e. The van der Waals surface area contributed by atoms with Gasteiger partial charge < -0.3 is 19.9 Å². The van der Waals surface area contributed by atoms with E-state index in [1.807, 2.05) is 24.1 Å². The lowest BCUT2D eigenvalue weighted by Gasteiger charge is -2.35. The third-order valence-corrected chi connectivity index (χ3v) is 5.64. The topological polar surface area (TPSA) is 57.9 Å². The minimum atomic E-state index is 0.0580. The molecule has 2 saturated heterocycles. The summed E-state index contributed by atoms with van der Waals surface area (Å²) < 4.78 is 7.81. The highest BCUT2D eigenvalue weighted by atomic mass is 16.5. The Hall–Kier alpha value is -1.60. The first-order chi connectivity index (χ1) is 13.5. The molecule has 3 rings (SSSR count). The molecule has 1 aromatic heterocycles. The van der Waals surface area contributed by atoms with Gasteiger partial charge in [-0.2, -0.15) is 5.10 Å². The quantitative estimate of drug-likeness (QED) is 0.458. The van der Waals surface area contributed by atoms with Crippen LogP contribution < -0.4 is 5.32 Å². The van der Waals surface area contributed by atoms with Gasteiger partial charge in [0.25, 0.3) is 0 Å². The number of aryl methyl sites for hydroxylation is 1. The second-order valence-electron chi connectivity index (χ2n) is 8.55. The summed E-state index contributed by atoms with van der Waals surface area (Å²) in [4.78, 5) is 9.87. The molecular formula is C21H38N6O. The van der Waals surface area contributed by atoms with E-state index in [0.29, 0.717) is 6.61 Å². The molecule has 0 bridgehead atoms. The number of aliphatic imine (C=N–C) groups is 1. The Kier molecular flexibility index (Phi) is 7.73. The number of nitrogens with zero attached hydrogens (tertiary/aromatic N) is 5. The highest BCUT2D eigenvalue weighted by molar-refractivity contribution is 5.80. The molecule has 3 atom stereocenters. The van der Waals surface area contributed by atoms with Crippen LogP contribution in [0.5, 0.6) is 0 Å². The summed E-state index contributed by atoms with van der Waals surface area (Å²) in [5.41, 5.74) is 1.14. The number of morpholine rings is 1. The third kappa shape index (κ3) is 5.95. The van der Waals surface area contributed by atoms with Crippen LogP contribution in [0, 0.1) is 11.8 Å². The van der Waals surface area contributed by atoms with Crippen LogP contribution in [0.1, 0.15) is 45.3 Å². The van der Waals surface area contributed by atoms with Crippen molar-refractivity contribution in [2.24, 2.45) is 23.9 Å². The predicted octanol–water partition coefficient (Wildman–Crippen LogP) is 2.13. The molecule has 1 N–H and O–H groups in total. The van der Waals surface area contributed by atoms with Gasteiger partial charge in [0.1, 0.15) is 6.10 Å². The normalized spacial score (nSPS) is 27.2. The summed E-state index contributed by atoms with van der Waals surface area (Å²) in [6, 6.07) is 0. The second-order valence-corrected chi connectivity index (χ2v) is 8.55. The Bertz CT molecular complexity index is 620. The number of piperidine rings is 1. The van der Waals surface area contributed by atoms with Gasteiger partial charge in [0.05, 0.1) is 19.3 Å². The fourth-order valence-corrected chi connectivity index (χ4v) is 4.53. The number of nitrogens with one attached hydrogen (secondary N) is 1. The Morgan fingerprint density at radius 3 is 2.75 bits per heavy atom. The van der Waals surface area contributed by atoms with Gasteiger partial charge in [-0.3, -0.25) is 9.67 Å². The molecule has 7 heteroatoms. The summed E-state index contributed by atoms with van der Waals surface area (Å²) >= 11 is 0. The van der Waals surface area contributed by atoms with Crippen molar-refractivity contribution in [3.8, 4) is 0 Å². The molecule has 0 saturated carbocycles. The highest BCUT2D eigenvalue weighted by Gasteiger charge is 2.25. The zero-order chi connectivity index (χ0) is 19.9. The molecule has 2 aliphatic rings. The summed E-state index contributed by atoms with van der Waals surface area (Å²) in [6.45, 7) is 14.7. The number of likely N-dealkylation sites (tertiary alicyclic amines) is 1. The van der Waals surface area contributed by atoms with Crippen molar-refractivity contribution < 1.29 is 4.74 Å². The van der Waals surface area contributed by atoms with Gasteiger partial charge in [-0.1, -0.05) is 13.8 Å². The van der Waals surface area contributed by atoms with E-state index in [9.17, 15) is 0 Å². The van der Waals surface area contributed by atoms with Gasteiger partial charge in [0, 0.05) is 51.5 Å². The van der Waals surface area contributed by atoms with Crippen molar-refractivity contribution >= 4 is 5.96 Å². The van der Waals surface area contributed by atoms with E-state index in [1.165, 1.54) is 19.5 Å². The molecule has 0 amide bonds. The van der Waals surface area contributed by atoms with Crippen molar-refractivity contribution in [2.75, 3.05) is 52.4 Å². The molecule has 0 aromatic carbocycles. The Morgan fingerprint density at radius 1 is 1.29 bits per heavy atom. The molecular weight excluding hydrogens is 352 g/mol. The minimum absolute atomic E-state index is 0.0580. The summed E-state index contributed by atoms with van der Waals surface area (Å²) in [5.74, 6) is 2.66. The first-order valence-electron chi connectivity index (χ1n) is 10.9. The maximum Gasteiger partial charge on any atom is 0.194 e. The first kappa shape index (κ1) is 21.1. The van der Waals surface area contributed by atoms with Crippen LogP contribution in [-0.4, -0.2) is 78.0 Å². The molecule has 7 nitrogen and oxygen atoms in total. The van der Waals surface area contributed by atoms with Crippen LogP contribution >= 0.6 is 0 Å². The molecule has 1 aromatic rings. The molecule has 0 radical (unpaired) electrons. The van der Waals surface area contributed by atoms with Crippen molar-refractivity contribution in [1.29, 1.82) is 0 Å². The molecule has 28 heavy (non-hydrogen) atoms. The van der Waals surface area contributed by atoms with E-state index in [4.69, 9.17) is 9.73 Å². The van der Waals surface area contributed by atoms with Crippen LogP contribution in [0.4, 0.5) is 0 Å². The monoisotopic (exact) mass is 390 g/mol. The van der Waals surface area contributed by atoms with E-state index >= 15 is 0 Å². The average molecular weight is 391 g/mol. The highest BCUT2D eigenvalue weighted by Crippen LogP contribution is 2.22. The molecule has 3 heterocycles. The van der Waals surface area contributed by atoms with Crippen LogP contribution in [0.3, 0.4) is 0 Å². The molecule has 0 aliphatic carbocycles. The van der Waals surface area contributed by atoms with Gasteiger partial charge >= 0.3 is 0 Å². The Balaban J connectivity index is 1.51. The van der Waals surface area contributed by atoms with Crippen molar-refractivity contribution in [2.45, 2.75) is 39.7 Å². The predicted molar refractivity (Wildman–Crippen MR) is 113 cm³/mol. The molecule has 2 fully saturated rings. The van der Waals surface area contributed by atoms with E-state index in [2.05, 4.69) is 41.0 Å². The standard InChI is InChI=1S/C21H38N6O/c1-5-22-21(23-7-6-8-26-13-17(2)11-18(3)14-26)27-9-10-28-20(16-27)19-12-24-25(4)15-19/h12,15,17-18,20H,5-11,13-14,16H2,1-4H3,(H,22,23). The number of guanidine groups is 1. The fraction of sp³-hybridized carbons (Fsp3) is 0.810. The summed E-state index contributed by atoms with van der Waals surface area (Å²) in [6.07, 6.45) is 6.49. The third-order valence-electron chi connectivity index (χ3n) is 5.64. The Labute approximate surface area is 170 Å². The van der Waals surface area contributed by atoms with Gasteiger partial charge in [-0.25, -0.2) is 0 Å². The lowest BCUT2D eigenvalue weighted by Crippen LogP contribution is -2.48. The van der Waals surface area contributed by atoms with E-state index in [0.717, 1.165) is 62.5 Å². The Morgan fingerprint density at radius 2 is 2.07 bits per heavy atom. The zero-order valence-electron chi connectivity index (χ0n) is 18.1.